The average Bonchev–Trinajstić information content (AvgIpc) is 3.02. The van der Waals surface area contributed by atoms with Crippen LogP contribution in [0.4, 0.5) is 4.79 Å². The van der Waals surface area contributed by atoms with E-state index < -0.39 is 18.0 Å². The van der Waals surface area contributed by atoms with Crippen molar-refractivity contribution in [2.75, 3.05) is 13.2 Å². The number of benzene rings is 2. The number of hydrogen-bond donors (Lipinski definition) is 1. The molecule has 4 rings (SSSR count). The van der Waals surface area contributed by atoms with Crippen molar-refractivity contribution in [3.05, 3.63) is 59.7 Å². The van der Waals surface area contributed by atoms with E-state index in [4.69, 9.17) is 4.74 Å². The van der Waals surface area contributed by atoms with E-state index >= 15 is 0 Å². The molecule has 2 aromatic rings. The van der Waals surface area contributed by atoms with E-state index in [1.165, 1.54) is 22.3 Å². The van der Waals surface area contributed by atoms with Crippen LogP contribution in [0, 0.1) is 11.8 Å². The zero-order valence-corrected chi connectivity index (χ0v) is 16.2. The van der Waals surface area contributed by atoms with Crippen LogP contribution in [0.5, 0.6) is 0 Å². The molecule has 146 valence electrons. The van der Waals surface area contributed by atoms with Gasteiger partial charge >= 0.3 is 12.1 Å². The lowest BCUT2D eigenvalue weighted by molar-refractivity contribution is -0.144. The van der Waals surface area contributed by atoms with Gasteiger partial charge in [0.1, 0.15) is 6.61 Å². The Hall–Kier alpha value is -2.82. The van der Waals surface area contributed by atoms with E-state index in [1.807, 2.05) is 38.1 Å². The van der Waals surface area contributed by atoms with Crippen LogP contribution in [0.2, 0.25) is 0 Å². The summed E-state index contributed by atoms with van der Waals surface area (Å²) in [5.74, 6) is -1.26. The molecule has 0 bridgehead atoms. The summed E-state index contributed by atoms with van der Waals surface area (Å²) in [5.41, 5.74) is 4.70. The Morgan fingerprint density at radius 1 is 1.04 bits per heavy atom. The van der Waals surface area contributed by atoms with Gasteiger partial charge in [-0.1, -0.05) is 55.5 Å². The molecule has 3 atom stereocenters. The quantitative estimate of drug-likeness (QED) is 0.860. The molecule has 1 saturated heterocycles. The minimum atomic E-state index is -0.852. The first kappa shape index (κ1) is 18.5. The smallest absolute Gasteiger partial charge is 0.410 e. The second kappa shape index (κ2) is 7.30. The average molecular weight is 379 g/mol. The second-order valence-corrected chi connectivity index (χ2v) is 7.95. The van der Waals surface area contributed by atoms with Crippen molar-refractivity contribution in [2.24, 2.45) is 11.8 Å². The summed E-state index contributed by atoms with van der Waals surface area (Å²) in [7, 11) is 0. The molecule has 28 heavy (non-hydrogen) atoms. The van der Waals surface area contributed by atoms with Crippen LogP contribution in [0.25, 0.3) is 11.1 Å². The lowest BCUT2D eigenvalue weighted by Crippen LogP contribution is -2.51. The van der Waals surface area contributed by atoms with Crippen LogP contribution in [-0.2, 0) is 9.53 Å². The molecule has 2 aliphatic rings. The van der Waals surface area contributed by atoms with Crippen molar-refractivity contribution in [3.8, 4) is 11.1 Å². The molecule has 1 aliphatic heterocycles. The van der Waals surface area contributed by atoms with E-state index in [0.29, 0.717) is 6.42 Å². The minimum Gasteiger partial charge on any atom is -0.481 e. The molecule has 0 aromatic heterocycles. The van der Waals surface area contributed by atoms with Gasteiger partial charge < -0.3 is 14.7 Å². The first-order valence-corrected chi connectivity index (χ1v) is 9.81. The van der Waals surface area contributed by atoms with Crippen molar-refractivity contribution < 1.29 is 19.4 Å². The molecule has 5 nitrogen and oxygen atoms in total. The molecule has 2 aromatic carbocycles. The van der Waals surface area contributed by atoms with Crippen LogP contribution >= 0.6 is 0 Å². The van der Waals surface area contributed by atoms with Crippen molar-refractivity contribution in [2.45, 2.75) is 32.2 Å². The number of piperidine rings is 1. The highest BCUT2D eigenvalue weighted by atomic mass is 16.6. The Balaban J connectivity index is 1.51. The number of carbonyl (C=O) groups is 2. The van der Waals surface area contributed by atoms with E-state index in [-0.39, 0.29) is 31.0 Å². The van der Waals surface area contributed by atoms with Gasteiger partial charge in [-0.05, 0) is 41.5 Å². The summed E-state index contributed by atoms with van der Waals surface area (Å²) in [4.78, 5) is 25.8. The predicted octanol–water partition coefficient (Wildman–Crippen LogP) is 4.37. The van der Waals surface area contributed by atoms with Gasteiger partial charge in [0.05, 0.1) is 5.92 Å². The highest BCUT2D eigenvalue weighted by Crippen LogP contribution is 2.44. The Bertz CT molecular complexity index is 863. The second-order valence-electron chi connectivity index (χ2n) is 7.95. The van der Waals surface area contributed by atoms with Crippen LogP contribution in [0.3, 0.4) is 0 Å². The van der Waals surface area contributed by atoms with E-state index in [9.17, 15) is 14.7 Å². The third-order valence-corrected chi connectivity index (χ3v) is 6.31. The number of aliphatic carboxylic acids is 1. The normalized spacial score (nSPS) is 23.8. The van der Waals surface area contributed by atoms with E-state index in [1.54, 1.807) is 4.90 Å². The maximum Gasteiger partial charge on any atom is 0.410 e. The molecule has 0 spiro atoms. The highest BCUT2D eigenvalue weighted by molar-refractivity contribution is 5.79. The Labute approximate surface area is 164 Å². The number of nitrogens with zero attached hydrogens (tertiary/aromatic N) is 1. The first-order valence-electron chi connectivity index (χ1n) is 9.81. The number of amides is 1. The zero-order chi connectivity index (χ0) is 19.8. The molecule has 0 saturated carbocycles. The maximum absolute atomic E-state index is 12.8. The highest BCUT2D eigenvalue weighted by Gasteiger charge is 2.38. The SMILES string of the molecule is C[C@@H]1C[C@H](C(=O)O)CN(C(=O)OCC2c3ccccc3-c3ccccc32)[C@@H]1C. The summed E-state index contributed by atoms with van der Waals surface area (Å²) >= 11 is 0. The number of ether oxygens (including phenoxy) is 1. The molecular weight excluding hydrogens is 354 g/mol. The summed E-state index contributed by atoms with van der Waals surface area (Å²) in [5, 5.41) is 9.38. The topological polar surface area (TPSA) is 66.8 Å². The third-order valence-electron chi connectivity index (χ3n) is 6.31. The molecule has 1 fully saturated rings. The van der Waals surface area contributed by atoms with Gasteiger partial charge in [-0.15, -0.1) is 0 Å². The van der Waals surface area contributed by atoms with Gasteiger partial charge in [0.15, 0.2) is 0 Å². The fourth-order valence-electron chi connectivity index (χ4n) is 4.53. The lowest BCUT2D eigenvalue weighted by Gasteiger charge is -2.40. The van der Waals surface area contributed by atoms with Crippen LogP contribution in [0.15, 0.2) is 48.5 Å². The number of carboxylic acids is 1. The van der Waals surface area contributed by atoms with Crippen LogP contribution < -0.4 is 0 Å². The number of rotatable bonds is 3. The Kier molecular flexibility index (Phi) is 4.84. The number of likely N-dealkylation sites (tertiary alicyclic amines) is 1. The summed E-state index contributed by atoms with van der Waals surface area (Å²) in [6.07, 6.45) is 0.163. The van der Waals surface area contributed by atoms with Crippen molar-refractivity contribution >= 4 is 12.1 Å². The lowest BCUT2D eigenvalue weighted by atomic mass is 9.85. The van der Waals surface area contributed by atoms with Gasteiger partial charge in [0.25, 0.3) is 0 Å². The number of carboxylic acid groups (broad SMARTS) is 1. The predicted molar refractivity (Wildman–Crippen MR) is 106 cm³/mol. The third kappa shape index (κ3) is 3.15. The van der Waals surface area contributed by atoms with Gasteiger partial charge in [0.2, 0.25) is 0 Å². The fourth-order valence-corrected chi connectivity index (χ4v) is 4.53. The molecule has 1 amide bonds. The number of hydrogen-bond acceptors (Lipinski definition) is 3. The van der Waals surface area contributed by atoms with Gasteiger partial charge in [-0.2, -0.15) is 0 Å². The number of fused-ring (bicyclic) bond motifs is 3. The Morgan fingerprint density at radius 2 is 1.61 bits per heavy atom. The minimum absolute atomic E-state index is 0.00383. The van der Waals surface area contributed by atoms with Gasteiger partial charge in [-0.3, -0.25) is 4.79 Å². The molecular formula is C23H25NO4. The Morgan fingerprint density at radius 3 is 2.18 bits per heavy atom. The standard InChI is InChI=1S/C23H25NO4/c1-14-11-16(22(25)26)12-24(15(14)2)23(27)28-13-21-19-9-5-3-7-17(19)18-8-4-6-10-20(18)21/h3-10,14-16,21H,11-13H2,1-2H3,(H,25,26)/t14-,15-,16+/m1/s1. The van der Waals surface area contributed by atoms with Crippen molar-refractivity contribution in [3.63, 3.8) is 0 Å². The molecule has 1 aliphatic carbocycles. The van der Waals surface area contributed by atoms with Crippen molar-refractivity contribution in [1.29, 1.82) is 0 Å². The van der Waals surface area contributed by atoms with Crippen molar-refractivity contribution in [1.82, 2.24) is 4.90 Å². The molecule has 0 unspecified atom stereocenters. The largest absolute Gasteiger partial charge is 0.481 e. The van der Waals surface area contributed by atoms with E-state index in [0.717, 1.165) is 0 Å². The summed E-state index contributed by atoms with van der Waals surface area (Å²) in [6, 6.07) is 16.4. The van der Waals surface area contributed by atoms with Gasteiger partial charge in [0, 0.05) is 18.5 Å². The number of carbonyl (C=O) groups excluding carboxylic acids is 1. The molecule has 0 radical (unpaired) electrons. The molecule has 1 N–H and O–H groups in total. The van der Waals surface area contributed by atoms with Crippen LogP contribution in [-0.4, -0.2) is 41.3 Å². The summed E-state index contributed by atoms with van der Waals surface area (Å²) in [6.45, 7) is 4.41. The molecule has 1 heterocycles. The van der Waals surface area contributed by atoms with Gasteiger partial charge in [-0.25, -0.2) is 4.79 Å². The van der Waals surface area contributed by atoms with Crippen LogP contribution in [0.1, 0.15) is 37.3 Å². The van der Waals surface area contributed by atoms with E-state index in [2.05, 4.69) is 24.3 Å². The monoisotopic (exact) mass is 379 g/mol. The zero-order valence-electron chi connectivity index (χ0n) is 16.2. The first-order chi connectivity index (χ1) is 13.5. The summed E-state index contributed by atoms with van der Waals surface area (Å²) < 4.78 is 5.72. The fraction of sp³-hybridized carbons (Fsp3) is 0.391. The molecule has 5 heteroatoms. The maximum atomic E-state index is 12.8.